The zero-order valence-corrected chi connectivity index (χ0v) is 17.2. The molecule has 0 amide bonds. The van der Waals surface area contributed by atoms with E-state index in [1.807, 2.05) is 0 Å². The largest absolute Gasteiger partial charge is 0.378 e. The Balaban J connectivity index is 2.86. The molecule has 0 aliphatic carbocycles. The fourth-order valence-electron chi connectivity index (χ4n) is 3.31. The van der Waals surface area contributed by atoms with Gasteiger partial charge in [-0.3, -0.25) is 0 Å². The second-order valence-corrected chi connectivity index (χ2v) is 9.54. The molecule has 0 fully saturated rings. The van der Waals surface area contributed by atoms with Gasteiger partial charge in [0.15, 0.2) is 0 Å². The molecule has 0 spiro atoms. The first-order valence-corrected chi connectivity index (χ1v) is 9.80. The highest BCUT2D eigenvalue weighted by molar-refractivity contribution is 5.20. The van der Waals surface area contributed by atoms with Gasteiger partial charge < -0.3 is 4.74 Å². The SMILES string of the molecule is CCCCCOC(CC(CC(C)(C)C)c1ccccc1)C(C)(C)C. The van der Waals surface area contributed by atoms with E-state index in [0.717, 1.165) is 13.0 Å². The first-order chi connectivity index (χ1) is 11.1. The summed E-state index contributed by atoms with van der Waals surface area (Å²) >= 11 is 0. The monoisotopic (exact) mass is 332 g/mol. The molecule has 0 bridgehead atoms. The fourth-order valence-corrected chi connectivity index (χ4v) is 3.31. The molecule has 138 valence electrons. The molecule has 24 heavy (non-hydrogen) atoms. The maximum atomic E-state index is 6.38. The molecule has 1 aromatic rings. The Morgan fingerprint density at radius 3 is 2.04 bits per heavy atom. The quantitative estimate of drug-likeness (QED) is 0.434. The summed E-state index contributed by atoms with van der Waals surface area (Å²) in [6, 6.07) is 11.0. The van der Waals surface area contributed by atoms with Crippen molar-refractivity contribution < 1.29 is 4.74 Å². The van der Waals surface area contributed by atoms with Gasteiger partial charge in [-0.1, -0.05) is 91.6 Å². The van der Waals surface area contributed by atoms with Crippen molar-refractivity contribution in [3.63, 3.8) is 0 Å². The van der Waals surface area contributed by atoms with E-state index in [2.05, 4.69) is 78.8 Å². The Labute approximate surface area is 151 Å². The molecule has 0 saturated carbocycles. The third-order valence-corrected chi connectivity index (χ3v) is 4.66. The summed E-state index contributed by atoms with van der Waals surface area (Å²) in [5.41, 5.74) is 1.96. The van der Waals surface area contributed by atoms with E-state index in [4.69, 9.17) is 4.74 Å². The van der Waals surface area contributed by atoms with E-state index < -0.39 is 0 Å². The van der Waals surface area contributed by atoms with Crippen molar-refractivity contribution in [3.05, 3.63) is 35.9 Å². The highest BCUT2D eigenvalue weighted by atomic mass is 16.5. The topological polar surface area (TPSA) is 9.23 Å². The van der Waals surface area contributed by atoms with E-state index in [0.29, 0.717) is 17.4 Å². The van der Waals surface area contributed by atoms with Crippen LogP contribution in [0.5, 0.6) is 0 Å². The molecule has 1 aromatic carbocycles. The number of hydrogen-bond donors (Lipinski definition) is 0. The highest BCUT2D eigenvalue weighted by Crippen LogP contribution is 2.38. The molecular weight excluding hydrogens is 292 g/mol. The predicted molar refractivity (Wildman–Crippen MR) is 107 cm³/mol. The van der Waals surface area contributed by atoms with Crippen molar-refractivity contribution in [1.29, 1.82) is 0 Å². The van der Waals surface area contributed by atoms with Crippen molar-refractivity contribution in [3.8, 4) is 0 Å². The molecule has 1 rings (SSSR count). The van der Waals surface area contributed by atoms with Crippen LogP contribution < -0.4 is 0 Å². The summed E-state index contributed by atoms with van der Waals surface area (Å²) in [6.07, 6.45) is 6.31. The number of benzene rings is 1. The summed E-state index contributed by atoms with van der Waals surface area (Å²) in [7, 11) is 0. The lowest BCUT2D eigenvalue weighted by molar-refractivity contribution is -0.0301. The molecule has 1 heteroatoms. The van der Waals surface area contributed by atoms with Gasteiger partial charge in [0.1, 0.15) is 0 Å². The van der Waals surface area contributed by atoms with Crippen LogP contribution in [-0.4, -0.2) is 12.7 Å². The Kier molecular flexibility index (Phi) is 8.50. The summed E-state index contributed by atoms with van der Waals surface area (Å²) in [5.74, 6) is 0.557. The molecular formula is C23H40O. The Bertz CT molecular complexity index is 435. The van der Waals surface area contributed by atoms with Gasteiger partial charge in [-0.25, -0.2) is 0 Å². The lowest BCUT2D eigenvalue weighted by atomic mass is 9.75. The molecule has 0 heterocycles. The van der Waals surface area contributed by atoms with Crippen LogP contribution in [0.25, 0.3) is 0 Å². The zero-order chi connectivity index (χ0) is 18.2. The van der Waals surface area contributed by atoms with Crippen molar-refractivity contribution >= 4 is 0 Å². The van der Waals surface area contributed by atoms with Crippen LogP contribution in [-0.2, 0) is 4.74 Å². The molecule has 2 atom stereocenters. The normalized spacial score (nSPS) is 15.3. The Morgan fingerprint density at radius 1 is 0.917 bits per heavy atom. The van der Waals surface area contributed by atoms with E-state index in [1.165, 1.54) is 31.2 Å². The van der Waals surface area contributed by atoms with Crippen LogP contribution in [0.2, 0.25) is 0 Å². The third-order valence-electron chi connectivity index (χ3n) is 4.66. The van der Waals surface area contributed by atoms with Crippen molar-refractivity contribution in [2.75, 3.05) is 6.61 Å². The van der Waals surface area contributed by atoms with Crippen LogP contribution in [0.3, 0.4) is 0 Å². The summed E-state index contributed by atoms with van der Waals surface area (Å²) in [5, 5.41) is 0. The van der Waals surface area contributed by atoms with Crippen molar-refractivity contribution in [2.24, 2.45) is 10.8 Å². The van der Waals surface area contributed by atoms with Gasteiger partial charge in [0.05, 0.1) is 6.10 Å². The van der Waals surface area contributed by atoms with Crippen molar-refractivity contribution in [2.45, 2.75) is 92.6 Å². The molecule has 0 aliphatic rings. The minimum Gasteiger partial charge on any atom is -0.378 e. The average molecular weight is 333 g/mol. The summed E-state index contributed by atoms with van der Waals surface area (Å²) in [4.78, 5) is 0. The maximum Gasteiger partial charge on any atom is 0.0629 e. The van der Waals surface area contributed by atoms with Gasteiger partial charge in [0.25, 0.3) is 0 Å². The number of rotatable bonds is 9. The minimum absolute atomic E-state index is 0.178. The van der Waals surface area contributed by atoms with Gasteiger partial charge >= 0.3 is 0 Å². The predicted octanol–water partition coefficient (Wildman–Crippen LogP) is 7.22. The van der Waals surface area contributed by atoms with E-state index in [9.17, 15) is 0 Å². The zero-order valence-electron chi connectivity index (χ0n) is 17.2. The second-order valence-electron chi connectivity index (χ2n) is 9.54. The van der Waals surface area contributed by atoms with Gasteiger partial charge in [0, 0.05) is 6.61 Å². The van der Waals surface area contributed by atoms with Crippen molar-refractivity contribution in [1.82, 2.24) is 0 Å². The van der Waals surface area contributed by atoms with E-state index in [1.54, 1.807) is 0 Å². The van der Waals surface area contributed by atoms with Gasteiger partial charge in [-0.15, -0.1) is 0 Å². The molecule has 0 radical (unpaired) electrons. The standard InChI is InChI=1S/C23H40O/c1-8-9-13-16-24-21(23(5,6)7)17-20(18-22(2,3)4)19-14-11-10-12-15-19/h10-12,14-15,20-21H,8-9,13,16-18H2,1-7H3. The average Bonchev–Trinajstić information content (AvgIpc) is 2.48. The maximum absolute atomic E-state index is 6.38. The smallest absolute Gasteiger partial charge is 0.0629 e. The molecule has 0 saturated heterocycles. The van der Waals surface area contributed by atoms with Gasteiger partial charge in [-0.05, 0) is 41.6 Å². The fraction of sp³-hybridized carbons (Fsp3) is 0.739. The highest BCUT2D eigenvalue weighted by Gasteiger charge is 2.30. The first kappa shape index (κ1) is 21.2. The second kappa shape index (κ2) is 9.61. The molecule has 2 unspecified atom stereocenters. The lowest BCUT2D eigenvalue weighted by Gasteiger charge is -2.36. The first-order valence-electron chi connectivity index (χ1n) is 9.80. The molecule has 0 aromatic heterocycles. The Morgan fingerprint density at radius 2 is 1.54 bits per heavy atom. The Hall–Kier alpha value is -0.820. The van der Waals surface area contributed by atoms with Crippen LogP contribution in [0.1, 0.15) is 92.1 Å². The van der Waals surface area contributed by atoms with Crippen LogP contribution in [0, 0.1) is 10.8 Å². The van der Waals surface area contributed by atoms with Crippen LogP contribution in [0.4, 0.5) is 0 Å². The lowest BCUT2D eigenvalue weighted by Crippen LogP contribution is -2.32. The number of hydrogen-bond acceptors (Lipinski definition) is 1. The number of ether oxygens (including phenoxy) is 1. The van der Waals surface area contributed by atoms with Gasteiger partial charge in [-0.2, -0.15) is 0 Å². The van der Waals surface area contributed by atoms with E-state index in [-0.39, 0.29) is 5.41 Å². The summed E-state index contributed by atoms with van der Waals surface area (Å²) in [6.45, 7) is 17.1. The summed E-state index contributed by atoms with van der Waals surface area (Å²) < 4.78 is 6.38. The van der Waals surface area contributed by atoms with Gasteiger partial charge in [0.2, 0.25) is 0 Å². The van der Waals surface area contributed by atoms with Crippen LogP contribution >= 0.6 is 0 Å². The molecule has 1 nitrogen and oxygen atoms in total. The minimum atomic E-state index is 0.178. The number of unbranched alkanes of at least 4 members (excludes halogenated alkanes) is 2. The van der Waals surface area contributed by atoms with Crippen LogP contribution in [0.15, 0.2) is 30.3 Å². The third kappa shape index (κ3) is 8.33. The molecule has 0 N–H and O–H groups in total. The molecule has 0 aliphatic heterocycles. The van der Waals surface area contributed by atoms with E-state index >= 15 is 0 Å².